The second-order valence-electron chi connectivity index (χ2n) is 7.57. The van der Waals surface area contributed by atoms with Crippen LogP contribution in [0.25, 0.3) is 10.2 Å². The van der Waals surface area contributed by atoms with Crippen LogP contribution in [-0.4, -0.2) is 34.5 Å². The van der Waals surface area contributed by atoms with Crippen molar-refractivity contribution in [3.63, 3.8) is 0 Å². The largest absolute Gasteiger partial charge is 0.303 e. The van der Waals surface area contributed by atoms with Gasteiger partial charge in [0.05, 0.1) is 5.69 Å². The van der Waals surface area contributed by atoms with E-state index in [9.17, 15) is 0 Å². The molecule has 3 nitrogen and oxygen atoms in total. The number of hydrogen-bond donors (Lipinski definition) is 0. The van der Waals surface area contributed by atoms with E-state index in [1.807, 2.05) is 18.3 Å². The highest BCUT2D eigenvalue weighted by molar-refractivity contribution is 7.18. The number of likely N-dealkylation sites (tertiary alicyclic amines) is 1. The number of hydrogen-bond acceptors (Lipinski definition) is 4. The Morgan fingerprint density at radius 1 is 1.04 bits per heavy atom. The highest BCUT2D eigenvalue weighted by Crippen LogP contribution is 2.39. The van der Waals surface area contributed by atoms with Crippen LogP contribution in [-0.2, 0) is 6.42 Å². The van der Waals surface area contributed by atoms with Crippen molar-refractivity contribution in [2.75, 3.05) is 19.6 Å². The van der Waals surface area contributed by atoms with Gasteiger partial charge in [-0.25, -0.2) is 9.97 Å². The molecule has 2 fully saturated rings. The first kappa shape index (κ1) is 16.5. The van der Waals surface area contributed by atoms with Gasteiger partial charge in [0.1, 0.15) is 10.7 Å². The van der Waals surface area contributed by atoms with Gasteiger partial charge < -0.3 is 4.90 Å². The quantitative estimate of drug-likeness (QED) is 0.775. The highest BCUT2D eigenvalue weighted by Gasteiger charge is 2.20. The van der Waals surface area contributed by atoms with E-state index in [4.69, 9.17) is 9.97 Å². The lowest BCUT2D eigenvalue weighted by Crippen LogP contribution is -2.31. The van der Waals surface area contributed by atoms with Crippen molar-refractivity contribution in [2.45, 2.75) is 70.6 Å². The summed E-state index contributed by atoms with van der Waals surface area (Å²) >= 11 is 1.93. The Balaban J connectivity index is 1.55. The van der Waals surface area contributed by atoms with Crippen molar-refractivity contribution >= 4 is 21.6 Å². The predicted octanol–water partition coefficient (Wildman–Crippen LogP) is 5.08. The third-order valence-electron chi connectivity index (χ3n) is 5.72. The van der Waals surface area contributed by atoms with Gasteiger partial charge in [0.2, 0.25) is 0 Å². The third-order valence-corrected chi connectivity index (χ3v) is 6.92. The average molecular weight is 344 g/mol. The molecule has 0 radical (unpaired) electrons. The summed E-state index contributed by atoms with van der Waals surface area (Å²) < 4.78 is 0. The van der Waals surface area contributed by atoms with Gasteiger partial charge in [-0.3, -0.25) is 0 Å². The van der Waals surface area contributed by atoms with Crippen LogP contribution in [0.2, 0.25) is 0 Å². The molecule has 0 unspecified atom stereocenters. The summed E-state index contributed by atoms with van der Waals surface area (Å²) in [5.41, 5.74) is 1.28. The fraction of sp³-hybridized carbons (Fsp3) is 0.700. The number of piperidine rings is 1. The Morgan fingerprint density at radius 3 is 2.58 bits per heavy atom. The minimum absolute atomic E-state index is 0.771. The van der Waals surface area contributed by atoms with Gasteiger partial charge >= 0.3 is 0 Å². The Kier molecular flexibility index (Phi) is 5.14. The number of thiophene rings is 1. The second kappa shape index (κ2) is 7.49. The smallest absolute Gasteiger partial charge is 0.127 e. The van der Waals surface area contributed by atoms with Gasteiger partial charge in [0.15, 0.2) is 0 Å². The molecule has 1 aliphatic carbocycles. The number of aryl methyl sites for hydroxylation is 1. The van der Waals surface area contributed by atoms with Gasteiger partial charge in [0, 0.05) is 23.2 Å². The predicted molar refractivity (Wildman–Crippen MR) is 102 cm³/mol. The minimum atomic E-state index is 0.771. The maximum absolute atomic E-state index is 4.81. The molecule has 4 heteroatoms. The van der Waals surface area contributed by atoms with E-state index in [-0.39, 0.29) is 0 Å². The summed E-state index contributed by atoms with van der Waals surface area (Å²) in [6.45, 7) is 5.73. The zero-order chi connectivity index (χ0) is 16.4. The normalized spacial score (nSPS) is 20.7. The molecule has 0 atom stereocenters. The number of fused-ring (bicyclic) bond motifs is 1. The first-order chi connectivity index (χ1) is 11.8. The molecule has 1 saturated heterocycles. The van der Waals surface area contributed by atoms with Crippen LogP contribution in [0.5, 0.6) is 0 Å². The lowest BCUT2D eigenvalue weighted by atomic mass is 9.88. The van der Waals surface area contributed by atoms with Crippen LogP contribution in [0.3, 0.4) is 0 Å². The molecule has 0 bridgehead atoms. The average Bonchev–Trinajstić information content (AvgIpc) is 3.05. The van der Waals surface area contributed by atoms with E-state index in [0.29, 0.717) is 0 Å². The van der Waals surface area contributed by atoms with Gasteiger partial charge in [-0.2, -0.15) is 0 Å². The van der Waals surface area contributed by atoms with Gasteiger partial charge in [-0.1, -0.05) is 25.7 Å². The van der Waals surface area contributed by atoms with Crippen molar-refractivity contribution in [1.29, 1.82) is 0 Å². The summed E-state index contributed by atoms with van der Waals surface area (Å²) in [6, 6.07) is 2.43. The monoisotopic (exact) mass is 343 g/mol. The van der Waals surface area contributed by atoms with Crippen molar-refractivity contribution in [3.8, 4) is 0 Å². The summed E-state index contributed by atoms with van der Waals surface area (Å²) in [7, 11) is 0. The third kappa shape index (κ3) is 3.65. The number of aromatic nitrogens is 2. The highest BCUT2D eigenvalue weighted by atomic mass is 32.1. The van der Waals surface area contributed by atoms with Crippen LogP contribution in [0.1, 0.15) is 73.7 Å². The van der Waals surface area contributed by atoms with Crippen LogP contribution < -0.4 is 0 Å². The molecule has 0 aromatic carbocycles. The standard InChI is InChI=1S/C20H29N3S/c1-15-21-18(10-13-23-11-6-3-7-12-23)17-14-19(24-20(17)22-15)16-8-4-2-5-9-16/h14,16H,2-13H2,1H3. The molecular weight excluding hydrogens is 314 g/mol. The molecule has 24 heavy (non-hydrogen) atoms. The SMILES string of the molecule is Cc1nc(CCN2CCCCC2)c2cc(C3CCCCC3)sc2n1. The summed E-state index contributed by atoms with van der Waals surface area (Å²) in [5.74, 6) is 1.71. The molecule has 2 aromatic heterocycles. The molecule has 2 aliphatic rings. The van der Waals surface area contributed by atoms with Crippen LogP contribution >= 0.6 is 11.3 Å². The minimum Gasteiger partial charge on any atom is -0.303 e. The summed E-state index contributed by atoms with van der Waals surface area (Å²) in [4.78, 5) is 14.9. The molecular formula is C20H29N3S. The van der Waals surface area contributed by atoms with E-state index in [1.54, 1.807) is 4.88 Å². The van der Waals surface area contributed by atoms with E-state index >= 15 is 0 Å². The maximum atomic E-state index is 4.81. The van der Waals surface area contributed by atoms with Crippen molar-refractivity contribution < 1.29 is 0 Å². The van der Waals surface area contributed by atoms with Crippen molar-refractivity contribution in [3.05, 3.63) is 22.5 Å². The fourth-order valence-corrected chi connectivity index (χ4v) is 5.61. The van der Waals surface area contributed by atoms with E-state index in [2.05, 4.69) is 11.0 Å². The van der Waals surface area contributed by atoms with E-state index in [0.717, 1.165) is 24.7 Å². The van der Waals surface area contributed by atoms with Crippen molar-refractivity contribution in [2.24, 2.45) is 0 Å². The van der Waals surface area contributed by atoms with Crippen LogP contribution in [0.15, 0.2) is 6.07 Å². The van der Waals surface area contributed by atoms with Crippen LogP contribution in [0.4, 0.5) is 0 Å². The molecule has 1 saturated carbocycles. The molecule has 3 heterocycles. The molecule has 0 N–H and O–H groups in total. The van der Waals surface area contributed by atoms with E-state index < -0.39 is 0 Å². The summed E-state index contributed by atoms with van der Waals surface area (Å²) in [6.07, 6.45) is 12.1. The van der Waals surface area contributed by atoms with Gasteiger partial charge in [-0.15, -0.1) is 11.3 Å². The Hall–Kier alpha value is -1.00. The number of nitrogens with zero attached hydrogens (tertiary/aromatic N) is 3. The van der Waals surface area contributed by atoms with Gasteiger partial charge in [-0.05, 0) is 57.7 Å². The Morgan fingerprint density at radius 2 is 1.79 bits per heavy atom. The lowest BCUT2D eigenvalue weighted by molar-refractivity contribution is 0.231. The molecule has 130 valence electrons. The molecule has 1 aliphatic heterocycles. The maximum Gasteiger partial charge on any atom is 0.127 e. The lowest BCUT2D eigenvalue weighted by Gasteiger charge is -2.26. The van der Waals surface area contributed by atoms with Crippen molar-refractivity contribution in [1.82, 2.24) is 14.9 Å². The zero-order valence-corrected chi connectivity index (χ0v) is 15.7. The van der Waals surface area contributed by atoms with Crippen LogP contribution in [0, 0.1) is 6.92 Å². The first-order valence-corrected chi connectivity index (χ1v) is 10.6. The Bertz CT molecular complexity index is 681. The molecule has 2 aromatic rings. The first-order valence-electron chi connectivity index (χ1n) is 9.79. The topological polar surface area (TPSA) is 29.0 Å². The molecule has 0 amide bonds. The Labute approximate surface area is 149 Å². The molecule has 4 rings (SSSR count). The van der Waals surface area contributed by atoms with E-state index in [1.165, 1.54) is 80.4 Å². The summed E-state index contributed by atoms with van der Waals surface area (Å²) in [5, 5.41) is 1.34. The molecule has 0 spiro atoms. The zero-order valence-electron chi connectivity index (χ0n) is 14.9. The van der Waals surface area contributed by atoms with Gasteiger partial charge in [0.25, 0.3) is 0 Å². The fourth-order valence-electron chi connectivity index (χ4n) is 4.34. The number of rotatable bonds is 4. The second-order valence-corrected chi connectivity index (χ2v) is 8.63.